The summed E-state index contributed by atoms with van der Waals surface area (Å²) in [6, 6.07) is 9.15. The summed E-state index contributed by atoms with van der Waals surface area (Å²) in [4.78, 5) is 0. The van der Waals surface area contributed by atoms with E-state index in [2.05, 4.69) is 111 Å². The molecule has 1 unspecified atom stereocenters. The third-order valence-corrected chi connectivity index (χ3v) is 7.79. The van der Waals surface area contributed by atoms with E-state index in [1.807, 2.05) is 0 Å². The van der Waals surface area contributed by atoms with Crippen molar-refractivity contribution in [3.05, 3.63) is 99.1 Å². The summed E-state index contributed by atoms with van der Waals surface area (Å²) < 4.78 is 0. The molecule has 2 aliphatic rings. The Kier molecular flexibility index (Phi) is 10.2. The molecule has 0 amide bonds. The molecule has 0 nitrogen and oxygen atoms in total. The van der Waals surface area contributed by atoms with Crippen molar-refractivity contribution in [1.29, 1.82) is 0 Å². The van der Waals surface area contributed by atoms with E-state index >= 15 is 0 Å². The molecular weight excluding hydrogens is 432 g/mol. The molecule has 2 aliphatic carbocycles. The van der Waals surface area contributed by atoms with Gasteiger partial charge in [0.25, 0.3) is 0 Å². The molecule has 0 heterocycles. The topological polar surface area (TPSA) is 0 Å². The maximum Gasteiger partial charge on any atom is 0.0170 e. The highest BCUT2D eigenvalue weighted by atomic mass is 14.3. The first-order valence-corrected chi connectivity index (χ1v) is 14.5. The van der Waals surface area contributed by atoms with Crippen molar-refractivity contribution in [3.63, 3.8) is 0 Å². The quantitative estimate of drug-likeness (QED) is 0.310. The molecule has 1 atom stereocenters. The Labute approximate surface area is 223 Å². The third kappa shape index (κ3) is 7.71. The fraction of sp³-hybridized carbons (Fsp3) is 0.528. The SMILES string of the molecule is CCC1=CCC(C)=C/C1=C1/[CH]C(CC(C)Cc2ccc(C)cc2)=C(C(CC(C)C)CC(C)C)C=C1C. The van der Waals surface area contributed by atoms with Crippen LogP contribution in [-0.4, -0.2) is 0 Å². The van der Waals surface area contributed by atoms with Gasteiger partial charge in [0.15, 0.2) is 0 Å². The summed E-state index contributed by atoms with van der Waals surface area (Å²) in [6.45, 7) is 21.1. The lowest BCUT2D eigenvalue weighted by Gasteiger charge is -2.32. The summed E-state index contributed by atoms with van der Waals surface area (Å²) in [6.07, 6.45) is 17.1. The maximum absolute atomic E-state index is 2.60. The van der Waals surface area contributed by atoms with Crippen LogP contribution in [0.25, 0.3) is 0 Å². The predicted octanol–water partition coefficient (Wildman–Crippen LogP) is 10.7. The van der Waals surface area contributed by atoms with Crippen molar-refractivity contribution in [2.75, 3.05) is 0 Å². The minimum absolute atomic E-state index is 0.607. The Morgan fingerprint density at radius 3 is 2.00 bits per heavy atom. The van der Waals surface area contributed by atoms with Crippen molar-refractivity contribution in [3.8, 4) is 0 Å². The molecule has 1 aromatic rings. The van der Waals surface area contributed by atoms with Crippen LogP contribution < -0.4 is 0 Å². The van der Waals surface area contributed by atoms with Gasteiger partial charge in [0, 0.05) is 6.42 Å². The van der Waals surface area contributed by atoms with Gasteiger partial charge in [-0.3, -0.25) is 0 Å². The molecule has 0 fully saturated rings. The summed E-state index contributed by atoms with van der Waals surface area (Å²) in [5.41, 5.74) is 13.3. The molecule has 1 radical (unpaired) electrons. The first-order valence-electron chi connectivity index (χ1n) is 14.5. The number of hydrogen-bond acceptors (Lipinski definition) is 0. The van der Waals surface area contributed by atoms with E-state index in [0.717, 1.165) is 25.7 Å². The summed E-state index contributed by atoms with van der Waals surface area (Å²) in [5, 5.41) is 0. The summed E-state index contributed by atoms with van der Waals surface area (Å²) in [5.74, 6) is 2.66. The summed E-state index contributed by atoms with van der Waals surface area (Å²) in [7, 11) is 0. The number of allylic oxidation sites excluding steroid dienone is 10. The Morgan fingerprint density at radius 1 is 0.778 bits per heavy atom. The molecule has 0 aliphatic heterocycles. The second kappa shape index (κ2) is 12.9. The van der Waals surface area contributed by atoms with Crippen LogP contribution in [0, 0.1) is 37.0 Å². The molecule has 0 aromatic heterocycles. The van der Waals surface area contributed by atoms with E-state index in [1.165, 1.54) is 51.8 Å². The second-order valence-corrected chi connectivity index (χ2v) is 12.5. The van der Waals surface area contributed by atoms with E-state index < -0.39 is 0 Å². The average molecular weight is 484 g/mol. The number of aryl methyl sites for hydroxylation is 1. The molecule has 1 aromatic carbocycles. The van der Waals surface area contributed by atoms with E-state index in [1.54, 1.807) is 11.1 Å². The molecule has 0 saturated heterocycles. The van der Waals surface area contributed by atoms with Gasteiger partial charge in [-0.05, 0) is 116 Å². The zero-order chi connectivity index (χ0) is 26.4. The molecule has 0 saturated carbocycles. The Balaban J connectivity index is 2.02. The highest BCUT2D eigenvalue weighted by Gasteiger charge is 2.27. The smallest absolute Gasteiger partial charge is 0.0170 e. The Morgan fingerprint density at radius 2 is 1.42 bits per heavy atom. The fourth-order valence-electron chi connectivity index (χ4n) is 6.06. The standard InChI is InChI=1S/C36H51/c1-10-31-16-13-27(7)21-36(31)34-23-33(20-28(8)19-30-14-11-26(6)12-15-30)35(22-29(34)9)32(17-24(2)3)18-25(4)5/h11-12,14-16,21-25,28,32H,10,13,17-20H2,1-9H3/b36-34+. The van der Waals surface area contributed by atoms with E-state index in [4.69, 9.17) is 0 Å². The van der Waals surface area contributed by atoms with Crippen LogP contribution in [0.5, 0.6) is 0 Å². The Hall–Kier alpha value is -2.08. The van der Waals surface area contributed by atoms with Crippen LogP contribution in [0.1, 0.15) is 98.6 Å². The molecule has 0 heteroatoms. The minimum Gasteiger partial charge on any atom is -0.0767 e. The van der Waals surface area contributed by atoms with Gasteiger partial charge in [-0.15, -0.1) is 0 Å². The molecular formula is C36H51. The number of rotatable bonds is 10. The van der Waals surface area contributed by atoms with Gasteiger partial charge in [0.2, 0.25) is 0 Å². The van der Waals surface area contributed by atoms with Crippen LogP contribution in [0.3, 0.4) is 0 Å². The largest absolute Gasteiger partial charge is 0.0767 e. The molecule has 3 rings (SSSR count). The van der Waals surface area contributed by atoms with Gasteiger partial charge >= 0.3 is 0 Å². The fourth-order valence-corrected chi connectivity index (χ4v) is 6.06. The molecule has 0 spiro atoms. The highest BCUT2D eigenvalue weighted by Crippen LogP contribution is 2.42. The number of benzene rings is 1. The van der Waals surface area contributed by atoms with Crippen molar-refractivity contribution < 1.29 is 0 Å². The van der Waals surface area contributed by atoms with Crippen LogP contribution in [0.2, 0.25) is 0 Å². The third-order valence-electron chi connectivity index (χ3n) is 7.79. The highest BCUT2D eigenvalue weighted by molar-refractivity contribution is 5.63. The van der Waals surface area contributed by atoms with Gasteiger partial charge in [-0.2, -0.15) is 0 Å². The lowest BCUT2D eigenvalue weighted by Crippen LogP contribution is -2.17. The summed E-state index contributed by atoms with van der Waals surface area (Å²) >= 11 is 0. The van der Waals surface area contributed by atoms with Gasteiger partial charge in [-0.25, -0.2) is 0 Å². The van der Waals surface area contributed by atoms with Gasteiger partial charge in [0.05, 0.1) is 0 Å². The van der Waals surface area contributed by atoms with Gasteiger partial charge in [0.1, 0.15) is 0 Å². The molecule has 195 valence electrons. The first kappa shape index (κ1) is 28.5. The average Bonchev–Trinajstić information content (AvgIpc) is 2.80. The zero-order valence-electron chi connectivity index (χ0n) is 24.7. The minimum atomic E-state index is 0.607. The molecule has 0 bridgehead atoms. The second-order valence-electron chi connectivity index (χ2n) is 12.5. The van der Waals surface area contributed by atoms with E-state index in [9.17, 15) is 0 Å². The van der Waals surface area contributed by atoms with Crippen LogP contribution in [0.4, 0.5) is 0 Å². The van der Waals surface area contributed by atoms with Crippen molar-refractivity contribution in [2.24, 2.45) is 23.7 Å². The maximum atomic E-state index is 2.60. The molecule has 0 N–H and O–H groups in total. The van der Waals surface area contributed by atoms with Crippen LogP contribution in [0.15, 0.2) is 81.5 Å². The zero-order valence-corrected chi connectivity index (χ0v) is 24.7. The normalized spacial score (nSPS) is 19.7. The van der Waals surface area contributed by atoms with Gasteiger partial charge in [-0.1, -0.05) is 101 Å². The van der Waals surface area contributed by atoms with Crippen molar-refractivity contribution in [2.45, 2.75) is 101 Å². The first-order chi connectivity index (χ1) is 17.1. The van der Waals surface area contributed by atoms with Crippen LogP contribution in [-0.2, 0) is 6.42 Å². The van der Waals surface area contributed by atoms with Crippen LogP contribution >= 0.6 is 0 Å². The number of hydrogen-bond donors (Lipinski definition) is 0. The lowest BCUT2D eigenvalue weighted by molar-refractivity contribution is 0.386. The molecule has 36 heavy (non-hydrogen) atoms. The van der Waals surface area contributed by atoms with E-state index in [-0.39, 0.29) is 0 Å². The van der Waals surface area contributed by atoms with E-state index in [0.29, 0.717) is 23.7 Å². The van der Waals surface area contributed by atoms with Crippen molar-refractivity contribution >= 4 is 0 Å². The monoisotopic (exact) mass is 483 g/mol. The van der Waals surface area contributed by atoms with Crippen molar-refractivity contribution in [1.82, 2.24) is 0 Å². The lowest BCUT2D eigenvalue weighted by atomic mass is 9.73. The Bertz CT molecular complexity index is 1040. The predicted molar refractivity (Wildman–Crippen MR) is 160 cm³/mol. The van der Waals surface area contributed by atoms with Gasteiger partial charge < -0.3 is 0 Å².